The Hall–Kier alpha value is -1.10. The van der Waals surface area contributed by atoms with E-state index >= 15 is 0 Å². The van der Waals surface area contributed by atoms with Crippen molar-refractivity contribution >= 4 is 41.8 Å². The Morgan fingerprint density at radius 1 is 1.07 bits per heavy atom. The highest BCUT2D eigenvalue weighted by Gasteiger charge is 2.22. The average molecular weight is 522 g/mol. The van der Waals surface area contributed by atoms with E-state index in [4.69, 9.17) is 0 Å². The highest BCUT2D eigenvalue weighted by atomic mass is 127. The zero-order valence-corrected chi connectivity index (χ0v) is 20.5. The molecule has 0 unspecified atom stereocenters. The van der Waals surface area contributed by atoms with E-state index in [0.29, 0.717) is 18.5 Å². The van der Waals surface area contributed by atoms with Crippen molar-refractivity contribution < 1.29 is 9.59 Å². The summed E-state index contributed by atoms with van der Waals surface area (Å²) in [6, 6.07) is 0.313. The van der Waals surface area contributed by atoms with Gasteiger partial charge in [-0.1, -0.05) is 19.3 Å². The van der Waals surface area contributed by atoms with E-state index in [9.17, 15) is 9.59 Å². The molecular formula is C20H39IN6O2. The van der Waals surface area contributed by atoms with Crippen molar-refractivity contribution in [3.63, 3.8) is 0 Å². The van der Waals surface area contributed by atoms with Crippen LogP contribution in [0.25, 0.3) is 0 Å². The van der Waals surface area contributed by atoms with Gasteiger partial charge in [0.25, 0.3) is 0 Å². The number of likely N-dealkylation sites (N-methyl/N-ethyl adjacent to an activating group) is 2. The summed E-state index contributed by atoms with van der Waals surface area (Å²) in [5, 5.41) is 9.67. The molecule has 1 saturated heterocycles. The summed E-state index contributed by atoms with van der Waals surface area (Å²) in [7, 11) is 5.18. The molecule has 1 saturated carbocycles. The summed E-state index contributed by atoms with van der Waals surface area (Å²) < 4.78 is 0. The van der Waals surface area contributed by atoms with Gasteiger partial charge in [0.1, 0.15) is 6.54 Å². The van der Waals surface area contributed by atoms with E-state index in [0.717, 1.165) is 38.4 Å². The molecule has 0 aromatic rings. The first-order valence-electron chi connectivity index (χ1n) is 10.7. The number of piperidine rings is 1. The van der Waals surface area contributed by atoms with E-state index in [2.05, 4.69) is 25.8 Å². The smallest absolute Gasteiger partial charge is 0.243 e. The van der Waals surface area contributed by atoms with Crippen molar-refractivity contribution in [2.75, 3.05) is 53.9 Å². The van der Waals surface area contributed by atoms with Gasteiger partial charge in [0.15, 0.2) is 5.96 Å². The Labute approximate surface area is 192 Å². The van der Waals surface area contributed by atoms with Gasteiger partial charge in [-0.25, -0.2) is 4.99 Å². The first-order chi connectivity index (χ1) is 13.5. The van der Waals surface area contributed by atoms with Crippen molar-refractivity contribution in [3.05, 3.63) is 0 Å². The van der Waals surface area contributed by atoms with Crippen LogP contribution in [0.3, 0.4) is 0 Å². The molecule has 0 aromatic heterocycles. The summed E-state index contributed by atoms with van der Waals surface area (Å²) in [6.45, 7) is 3.30. The van der Waals surface area contributed by atoms with Crippen LogP contribution in [-0.4, -0.2) is 87.5 Å². The second kappa shape index (κ2) is 14.0. The maximum atomic E-state index is 11.9. The van der Waals surface area contributed by atoms with Crippen LogP contribution in [0.1, 0.15) is 44.9 Å². The molecule has 1 aliphatic carbocycles. The minimum Gasteiger partial charge on any atom is -0.358 e. The van der Waals surface area contributed by atoms with Crippen LogP contribution in [0, 0.1) is 5.92 Å². The fourth-order valence-corrected chi connectivity index (χ4v) is 3.78. The number of halogens is 1. The topological polar surface area (TPSA) is 89.1 Å². The molecule has 168 valence electrons. The molecule has 2 amide bonds. The van der Waals surface area contributed by atoms with Gasteiger partial charge in [0.2, 0.25) is 11.8 Å². The van der Waals surface area contributed by atoms with Crippen LogP contribution in [0.15, 0.2) is 4.99 Å². The Balaban J connectivity index is 0.00000420. The number of rotatable bonds is 7. The molecular weight excluding hydrogens is 483 g/mol. The summed E-state index contributed by atoms with van der Waals surface area (Å²) in [4.78, 5) is 31.8. The number of aliphatic imine (C=N–C) groups is 1. The van der Waals surface area contributed by atoms with E-state index in [1.165, 1.54) is 32.1 Å². The monoisotopic (exact) mass is 522 g/mol. The van der Waals surface area contributed by atoms with E-state index < -0.39 is 0 Å². The van der Waals surface area contributed by atoms with Gasteiger partial charge in [-0.05, 0) is 31.6 Å². The molecule has 3 N–H and O–H groups in total. The second-order valence-electron chi connectivity index (χ2n) is 8.21. The second-order valence-corrected chi connectivity index (χ2v) is 8.21. The lowest BCUT2D eigenvalue weighted by Gasteiger charge is -2.33. The van der Waals surface area contributed by atoms with Gasteiger partial charge >= 0.3 is 0 Å². The fraction of sp³-hybridized carbons (Fsp3) is 0.850. The minimum atomic E-state index is -0.000774. The number of hydrogen-bond donors (Lipinski definition) is 3. The predicted molar refractivity (Wildman–Crippen MR) is 128 cm³/mol. The van der Waals surface area contributed by atoms with Crippen molar-refractivity contribution in [1.29, 1.82) is 0 Å². The quantitative estimate of drug-likeness (QED) is 0.264. The number of nitrogens with one attached hydrogen (secondary N) is 3. The standard InChI is InChI=1S/C20H38N6O2.HI/c1-21-18(27)15-26-11-9-17(10-12-26)24-20(23-14-19(28)25(2)3)22-13-16-7-5-4-6-8-16;/h16-17H,4-15H2,1-3H3,(H,21,27)(H2,22,23,24);1H. The normalized spacial score (nSPS) is 19.2. The van der Waals surface area contributed by atoms with E-state index in [-0.39, 0.29) is 42.3 Å². The maximum absolute atomic E-state index is 11.9. The molecule has 8 nitrogen and oxygen atoms in total. The molecule has 2 rings (SSSR count). The van der Waals surface area contributed by atoms with Crippen molar-refractivity contribution in [1.82, 2.24) is 25.8 Å². The van der Waals surface area contributed by atoms with Crippen LogP contribution in [-0.2, 0) is 9.59 Å². The number of carbonyl (C=O) groups is 2. The molecule has 0 spiro atoms. The molecule has 2 fully saturated rings. The molecule has 9 heteroatoms. The van der Waals surface area contributed by atoms with Crippen LogP contribution >= 0.6 is 24.0 Å². The first kappa shape index (κ1) is 25.9. The third kappa shape index (κ3) is 9.97. The van der Waals surface area contributed by atoms with Gasteiger partial charge in [-0.3, -0.25) is 14.5 Å². The summed E-state index contributed by atoms with van der Waals surface area (Å²) >= 11 is 0. The SMILES string of the molecule is CNC(=O)CN1CCC(NC(=NCC(=O)N(C)C)NCC2CCCCC2)CC1.I. The highest BCUT2D eigenvalue weighted by Crippen LogP contribution is 2.22. The third-order valence-corrected chi connectivity index (χ3v) is 5.73. The van der Waals surface area contributed by atoms with Crippen LogP contribution < -0.4 is 16.0 Å². The number of hydrogen-bond acceptors (Lipinski definition) is 4. The lowest BCUT2D eigenvalue weighted by atomic mass is 9.89. The van der Waals surface area contributed by atoms with Crippen LogP contribution in [0.2, 0.25) is 0 Å². The maximum Gasteiger partial charge on any atom is 0.243 e. The van der Waals surface area contributed by atoms with Gasteiger partial charge in [0.05, 0.1) is 6.54 Å². The zero-order valence-electron chi connectivity index (χ0n) is 18.2. The predicted octanol–water partition coefficient (Wildman–Crippen LogP) is 1.02. The van der Waals surface area contributed by atoms with Gasteiger partial charge in [-0.2, -0.15) is 0 Å². The van der Waals surface area contributed by atoms with Crippen molar-refractivity contribution in [2.24, 2.45) is 10.9 Å². The number of carbonyl (C=O) groups excluding carboxylic acids is 2. The summed E-state index contributed by atoms with van der Waals surface area (Å²) in [5.74, 6) is 1.49. The Morgan fingerprint density at radius 3 is 2.31 bits per heavy atom. The minimum absolute atomic E-state index is 0. The lowest BCUT2D eigenvalue weighted by molar-refractivity contribution is -0.127. The molecule has 0 radical (unpaired) electrons. The molecule has 1 heterocycles. The number of likely N-dealkylation sites (tertiary alicyclic amines) is 1. The summed E-state index contributed by atoms with van der Waals surface area (Å²) in [6.07, 6.45) is 8.45. The van der Waals surface area contributed by atoms with Gasteiger partial charge in [0, 0.05) is 46.8 Å². The highest BCUT2D eigenvalue weighted by molar-refractivity contribution is 14.0. The molecule has 1 aliphatic heterocycles. The third-order valence-electron chi connectivity index (χ3n) is 5.73. The first-order valence-corrected chi connectivity index (χ1v) is 10.7. The molecule has 0 bridgehead atoms. The van der Waals surface area contributed by atoms with E-state index in [1.807, 2.05) is 0 Å². The number of nitrogens with zero attached hydrogens (tertiary/aromatic N) is 3. The van der Waals surface area contributed by atoms with E-state index in [1.54, 1.807) is 26.0 Å². The molecule has 2 aliphatic rings. The van der Waals surface area contributed by atoms with Crippen LogP contribution in [0.4, 0.5) is 0 Å². The number of guanidine groups is 1. The van der Waals surface area contributed by atoms with Crippen molar-refractivity contribution in [2.45, 2.75) is 51.0 Å². The zero-order chi connectivity index (χ0) is 20.4. The van der Waals surface area contributed by atoms with Crippen LogP contribution in [0.5, 0.6) is 0 Å². The Morgan fingerprint density at radius 2 is 1.72 bits per heavy atom. The lowest BCUT2D eigenvalue weighted by Crippen LogP contribution is -2.50. The molecule has 0 atom stereocenters. The molecule has 0 aromatic carbocycles. The van der Waals surface area contributed by atoms with Gasteiger partial charge in [-0.15, -0.1) is 24.0 Å². The largest absolute Gasteiger partial charge is 0.358 e. The molecule has 29 heavy (non-hydrogen) atoms. The average Bonchev–Trinajstić information content (AvgIpc) is 2.71. The number of amides is 2. The fourth-order valence-electron chi connectivity index (χ4n) is 3.78. The summed E-state index contributed by atoms with van der Waals surface area (Å²) in [5.41, 5.74) is 0. The van der Waals surface area contributed by atoms with Crippen molar-refractivity contribution in [3.8, 4) is 0 Å². The Kier molecular flexibility index (Phi) is 12.5. The Bertz CT molecular complexity index is 529. The van der Waals surface area contributed by atoms with Gasteiger partial charge < -0.3 is 20.9 Å².